The van der Waals surface area contributed by atoms with E-state index in [9.17, 15) is 19.2 Å². The predicted molar refractivity (Wildman–Crippen MR) is 179 cm³/mol. The number of aromatic nitrogens is 2. The summed E-state index contributed by atoms with van der Waals surface area (Å²) in [5.41, 5.74) is 0.845. The maximum Gasteiger partial charge on any atom is 0.270 e. The minimum atomic E-state index is -0.947. The van der Waals surface area contributed by atoms with Crippen molar-refractivity contribution < 1.29 is 28.3 Å². The molecule has 4 amide bonds. The van der Waals surface area contributed by atoms with Gasteiger partial charge in [-0.05, 0) is 95.0 Å². The standard InChI is InChI=1S/C35H50FN7O5/c1-6-43-28(14-15-37-43)33(45)40-31(29(23-8-9-23)24-10-11-24)34(46)38-27-13-12-25(20-26(27)36)21(3)30(39-32(44)22(4)48-7-2)35(47)42-18-16-41(5)17-19-42/h12-15,20-24,29-31H,6-11,16-19H2,1-5H3,(H,38,46)(H,39,44)(H,40,45)/t21-,22+,30+,31-/m0/s1. The lowest BCUT2D eigenvalue weighted by Gasteiger charge is -2.36. The first-order chi connectivity index (χ1) is 23.0. The van der Waals surface area contributed by atoms with Gasteiger partial charge < -0.3 is 30.5 Å². The molecule has 2 heterocycles. The highest BCUT2D eigenvalue weighted by molar-refractivity contribution is 6.01. The molecule has 3 aliphatic rings. The topological polar surface area (TPSA) is 138 Å². The highest BCUT2D eigenvalue weighted by Crippen LogP contribution is 2.51. The van der Waals surface area contributed by atoms with Gasteiger partial charge in [0.2, 0.25) is 17.7 Å². The number of nitrogens with one attached hydrogen (secondary N) is 3. The number of hydrogen-bond acceptors (Lipinski definition) is 7. The second kappa shape index (κ2) is 15.6. The van der Waals surface area contributed by atoms with Gasteiger partial charge in [-0.1, -0.05) is 13.0 Å². The average molecular weight is 668 g/mol. The summed E-state index contributed by atoms with van der Waals surface area (Å²) in [6.45, 7) is 10.4. The van der Waals surface area contributed by atoms with Crippen molar-refractivity contribution in [3.8, 4) is 0 Å². The Morgan fingerprint density at radius 1 is 0.938 bits per heavy atom. The Morgan fingerprint density at radius 3 is 2.19 bits per heavy atom. The van der Waals surface area contributed by atoms with Crippen LogP contribution in [-0.4, -0.2) is 101 Å². The summed E-state index contributed by atoms with van der Waals surface area (Å²) in [6.07, 6.45) is 4.81. The van der Waals surface area contributed by atoms with E-state index in [0.29, 0.717) is 62.4 Å². The Labute approximate surface area is 282 Å². The summed E-state index contributed by atoms with van der Waals surface area (Å²) in [7, 11) is 1.99. The molecule has 2 aromatic rings. The fraction of sp³-hybridized carbons (Fsp3) is 0.629. The number of likely N-dealkylation sites (N-methyl/N-ethyl adjacent to an activating group) is 1. The lowest BCUT2D eigenvalue weighted by Crippen LogP contribution is -2.56. The number of nitrogens with zero attached hydrogens (tertiary/aromatic N) is 4. The number of aryl methyl sites for hydroxylation is 1. The Morgan fingerprint density at radius 2 is 1.60 bits per heavy atom. The predicted octanol–water partition coefficient (Wildman–Crippen LogP) is 3.00. The van der Waals surface area contributed by atoms with E-state index in [1.807, 2.05) is 14.0 Å². The number of hydrogen-bond donors (Lipinski definition) is 3. The van der Waals surface area contributed by atoms with E-state index in [0.717, 1.165) is 25.7 Å². The van der Waals surface area contributed by atoms with Crippen LogP contribution >= 0.6 is 0 Å². The molecule has 5 rings (SSSR count). The molecule has 0 radical (unpaired) electrons. The zero-order chi connectivity index (χ0) is 34.5. The third-order valence-electron chi connectivity index (χ3n) is 9.98. The molecular weight excluding hydrogens is 617 g/mol. The number of amides is 4. The molecule has 0 unspecified atom stereocenters. The Kier molecular flexibility index (Phi) is 11.5. The Balaban J connectivity index is 1.34. The number of carbonyl (C=O) groups is 4. The molecule has 1 saturated heterocycles. The molecule has 13 heteroatoms. The average Bonchev–Trinajstić information content (AvgIpc) is 4.03. The van der Waals surface area contributed by atoms with Crippen molar-refractivity contribution in [2.24, 2.45) is 17.8 Å². The van der Waals surface area contributed by atoms with Crippen molar-refractivity contribution in [1.82, 2.24) is 30.2 Å². The van der Waals surface area contributed by atoms with Gasteiger partial charge in [0.15, 0.2) is 0 Å². The second-order valence-corrected chi connectivity index (χ2v) is 13.5. The molecular formula is C35H50FN7O5. The van der Waals surface area contributed by atoms with Crippen molar-refractivity contribution in [2.75, 3.05) is 45.2 Å². The molecule has 12 nitrogen and oxygen atoms in total. The quantitative estimate of drug-likeness (QED) is 0.266. The summed E-state index contributed by atoms with van der Waals surface area (Å²) < 4.78 is 22.8. The first-order valence-electron chi connectivity index (χ1n) is 17.3. The van der Waals surface area contributed by atoms with Gasteiger partial charge in [-0.25, -0.2) is 4.39 Å². The number of piperazine rings is 1. The molecule has 3 N–H and O–H groups in total. The number of benzene rings is 1. The largest absolute Gasteiger partial charge is 0.369 e. The zero-order valence-corrected chi connectivity index (χ0v) is 28.7. The van der Waals surface area contributed by atoms with Crippen LogP contribution in [0.1, 0.15) is 75.3 Å². The monoisotopic (exact) mass is 667 g/mol. The van der Waals surface area contributed by atoms with Gasteiger partial charge in [0.1, 0.15) is 29.7 Å². The van der Waals surface area contributed by atoms with Crippen LogP contribution in [0.5, 0.6) is 0 Å². The summed E-state index contributed by atoms with van der Waals surface area (Å²) in [5.74, 6) is -2.11. The number of carbonyl (C=O) groups excluding carboxylic acids is 4. The van der Waals surface area contributed by atoms with Crippen LogP contribution in [0.25, 0.3) is 0 Å². The molecule has 0 bridgehead atoms. The number of halogens is 1. The summed E-state index contributed by atoms with van der Waals surface area (Å²) >= 11 is 0. The van der Waals surface area contributed by atoms with Gasteiger partial charge in [-0.15, -0.1) is 0 Å². The van der Waals surface area contributed by atoms with Crippen LogP contribution in [0.15, 0.2) is 30.5 Å². The van der Waals surface area contributed by atoms with Gasteiger partial charge in [0.05, 0.1) is 5.69 Å². The van der Waals surface area contributed by atoms with Gasteiger partial charge in [-0.2, -0.15) is 5.10 Å². The summed E-state index contributed by atoms with van der Waals surface area (Å²) in [4.78, 5) is 57.8. The molecule has 3 fully saturated rings. The van der Waals surface area contributed by atoms with Crippen molar-refractivity contribution in [3.63, 3.8) is 0 Å². The van der Waals surface area contributed by atoms with Crippen molar-refractivity contribution in [1.29, 1.82) is 0 Å². The van der Waals surface area contributed by atoms with Crippen molar-refractivity contribution in [2.45, 2.75) is 84.0 Å². The molecule has 0 spiro atoms. The SMILES string of the molecule is CCO[C@H](C)C(=O)N[C@@H](C(=O)N1CCN(C)CC1)[C@@H](C)c1ccc(NC(=O)[C@@H](NC(=O)c2ccnn2CC)C(C2CC2)C2CC2)c(F)c1. The molecule has 2 aliphatic carbocycles. The summed E-state index contributed by atoms with van der Waals surface area (Å²) in [6, 6.07) is 4.29. The van der Waals surface area contributed by atoms with E-state index < -0.39 is 41.7 Å². The fourth-order valence-electron chi connectivity index (χ4n) is 6.76. The van der Waals surface area contributed by atoms with E-state index >= 15 is 4.39 Å². The van der Waals surface area contributed by atoms with Crippen LogP contribution in [0.3, 0.4) is 0 Å². The van der Waals surface area contributed by atoms with Crippen molar-refractivity contribution in [3.05, 3.63) is 47.5 Å². The fourth-order valence-corrected chi connectivity index (χ4v) is 6.76. The first-order valence-corrected chi connectivity index (χ1v) is 17.3. The molecule has 1 aromatic carbocycles. The van der Waals surface area contributed by atoms with Crippen LogP contribution in [0, 0.1) is 23.6 Å². The van der Waals surface area contributed by atoms with Crippen LogP contribution in [0.4, 0.5) is 10.1 Å². The smallest absolute Gasteiger partial charge is 0.270 e. The van der Waals surface area contributed by atoms with Crippen LogP contribution in [0.2, 0.25) is 0 Å². The number of anilines is 1. The maximum absolute atomic E-state index is 15.8. The number of ether oxygens (including phenoxy) is 1. The highest BCUT2D eigenvalue weighted by atomic mass is 19.1. The van der Waals surface area contributed by atoms with Gasteiger partial charge in [0, 0.05) is 51.4 Å². The first kappa shape index (κ1) is 35.5. The van der Waals surface area contributed by atoms with E-state index in [2.05, 4.69) is 25.9 Å². The number of rotatable bonds is 15. The van der Waals surface area contributed by atoms with Crippen LogP contribution in [-0.2, 0) is 25.7 Å². The Hall–Kier alpha value is -3.84. The molecule has 262 valence electrons. The Bertz CT molecular complexity index is 1450. The zero-order valence-electron chi connectivity index (χ0n) is 28.7. The third-order valence-corrected chi connectivity index (χ3v) is 9.98. The van der Waals surface area contributed by atoms with E-state index in [-0.39, 0.29) is 23.4 Å². The maximum atomic E-state index is 15.8. The van der Waals surface area contributed by atoms with E-state index in [1.165, 1.54) is 12.1 Å². The minimum absolute atomic E-state index is 0.0184. The molecule has 4 atom stereocenters. The van der Waals surface area contributed by atoms with Gasteiger partial charge in [-0.3, -0.25) is 23.9 Å². The summed E-state index contributed by atoms with van der Waals surface area (Å²) in [5, 5.41) is 12.8. The van der Waals surface area contributed by atoms with E-state index in [1.54, 1.807) is 48.7 Å². The highest BCUT2D eigenvalue weighted by Gasteiger charge is 2.48. The third kappa shape index (κ3) is 8.41. The lowest BCUT2D eigenvalue weighted by molar-refractivity contribution is -0.141. The molecule has 2 saturated carbocycles. The molecule has 48 heavy (non-hydrogen) atoms. The molecule has 1 aliphatic heterocycles. The molecule has 1 aromatic heterocycles. The van der Waals surface area contributed by atoms with Gasteiger partial charge >= 0.3 is 0 Å². The minimum Gasteiger partial charge on any atom is -0.369 e. The second-order valence-electron chi connectivity index (χ2n) is 13.5. The van der Waals surface area contributed by atoms with E-state index in [4.69, 9.17) is 4.74 Å². The lowest BCUT2D eigenvalue weighted by atomic mass is 9.88. The normalized spacial score (nSPS) is 19.4. The van der Waals surface area contributed by atoms with Crippen molar-refractivity contribution >= 4 is 29.3 Å². The van der Waals surface area contributed by atoms with Gasteiger partial charge in [0.25, 0.3) is 5.91 Å². The van der Waals surface area contributed by atoms with Crippen LogP contribution < -0.4 is 16.0 Å².